The van der Waals surface area contributed by atoms with Crippen LogP contribution in [0.15, 0.2) is 30.5 Å². The Morgan fingerprint density at radius 2 is 2.17 bits per heavy atom. The number of hydrogen-bond acceptors (Lipinski definition) is 1. The number of imidazole rings is 1. The number of fused-ring (bicyclic) bond motifs is 1. The zero-order valence-electron chi connectivity index (χ0n) is 11.2. The van der Waals surface area contributed by atoms with Gasteiger partial charge in [0.2, 0.25) is 0 Å². The normalized spacial score (nSPS) is 18.7. The molecule has 0 radical (unpaired) electrons. The van der Waals surface area contributed by atoms with Crippen LogP contribution in [0, 0.1) is 6.92 Å². The minimum absolute atomic E-state index is 0.617. The number of aryl methyl sites for hydroxylation is 2. The lowest BCUT2D eigenvalue weighted by Gasteiger charge is -2.20. The molecule has 2 nitrogen and oxygen atoms in total. The smallest absolute Gasteiger partial charge is 0.109 e. The van der Waals surface area contributed by atoms with Gasteiger partial charge in [-0.3, -0.25) is 0 Å². The Morgan fingerprint density at radius 3 is 2.94 bits per heavy atom. The Hall–Kier alpha value is -1.57. The molecule has 1 unspecified atom stereocenters. The summed E-state index contributed by atoms with van der Waals surface area (Å²) in [4.78, 5) is 4.80. The fourth-order valence-corrected chi connectivity index (χ4v) is 2.84. The summed E-state index contributed by atoms with van der Waals surface area (Å²) in [6, 6.07) is 9.21. The summed E-state index contributed by atoms with van der Waals surface area (Å²) in [5.74, 6) is 1.28. The second-order valence-electron chi connectivity index (χ2n) is 5.40. The monoisotopic (exact) mass is 240 g/mol. The van der Waals surface area contributed by atoms with E-state index < -0.39 is 0 Å². The van der Waals surface area contributed by atoms with E-state index in [1.54, 1.807) is 0 Å². The first-order chi connectivity index (χ1) is 8.74. The summed E-state index contributed by atoms with van der Waals surface area (Å²) in [6.45, 7) is 4.47. The van der Waals surface area contributed by atoms with Crippen molar-refractivity contribution in [1.82, 2.24) is 9.55 Å². The Bertz CT molecular complexity index is 554. The van der Waals surface area contributed by atoms with Crippen LogP contribution in [-0.2, 0) is 12.8 Å². The van der Waals surface area contributed by atoms with Gasteiger partial charge in [-0.15, -0.1) is 0 Å². The molecular formula is C16H20N2. The zero-order valence-corrected chi connectivity index (χ0v) is 11.2. The van der Waals surface area contributed by atoms with Crippen LogP contribution in [0.3, 0.4) is 0 Å². The summed E-state index contributed by atoms with van der Waals surface area (Å²) in [5.41, 5.74) is 3.96. The maximum absolute atomic E-state index is 4.80. The van der Waals surface area contributed by atoms with Crippen molar-refractivity contribution in [3.05, 3.63) is 53.1 Å². The third kappa shape index (κ3) is 2.07. The summed E-state index contributed by atoms with van der Waals surface area (Å²) < 4.78 is 2.37. The quantitative estimate of drug-likeness (QED) is 0.783. The van der Waals surface area contributed by atoms with Gasteiger partial charge in [0.15, 0.2) is 0 Å². The number of aromatic nitrogens is 2. The fourth-order valence-electron chi connectivity index (χ4n) is 2.84. The lowest BCUT2D eigenvalue weighted by atomic mass is 10.0. The average Bonchev–Trinajstić information content (AvgIpc) is 2.76. The average molecular weight is 240 g/mol. The Labute approximate surface area is 109 Å². The van der Waals surface area contributed by atoms with Crippen LogP contribution in [0.2, 0.25) is 0 Å². The molecule has 2 heteroatoms. The van der Waals surface area contributed by atoms with E-state index in [-0.39, 0.29) is 0 Å². The maximum atomic E-state index is 4.80. The Kier molecular flexibility index (Phi) is 2.94. The van der Waals surface area contributed by atoms with Crippen molar-refractivity contribution >= 4 is 0 Å². The SMILES string of the molecule is Cc1ccccc1Cc1cn2c(n1)CCCC2C. The summed E-state index contributed by atoms with van der Waals surface area (Å²) in [6.07, 6.45) is 6.91. The maximum Gasteiger partial charge on any atom is 0.109 e. The predicted octanol–water partition coefficient (Wildman–Crippen LogP) is 3.68. The summed E-state index contributed by atoms with van der Waals surface area (Å²) >= 11 is 0. The fraction of sp³-hybridized carbons (Fsp3) is 0.438. The molecule has 2 aromatic rings. The number of rotatable bonds is 2. The van der Waals surface area contributed by atoms with Gasteiger partial charge in [0.25, 0.3) is 0 Å². The van der Waals surface area contributed by atoms with E-state index in [0.717, 1.165) is 12.8 Å². The van der Waals surface area contributed by atoms with E-state index in [1.165, 1.54) is 35.5 Å². The van der Waals surface area contributed by atoms with Gasteiger partial charge in [-0.05, 0) is 37.8 Å². The van der Waals surface area contributed by atoms with Gasteiger partial charge < -0.3 is 4.57 Å². The predicted molar refractivity (Wildman–Crippen MR) is 73.9 cm³/mol. The molecule has 0 saturated heterocycles. The van der Waals surface area contributed by atoms with E-state index >= 15 is 0 Å². The van der Waals surface area contributed by atoms with E-state index in [0.29, 0.717) is 6.04 Å². The van der Waals surface area contributed by atoms with Crippen LogP contribution >= 0.6 is 0 Å². The summed E-state index contributed by atoms with van der Waals surface area (Å²) in [5, 5.41) is 0. The van der Waals surface area contributed by atoms with Crippen LogP contribution in [0.4, 0.5) is 0 Å². The molecule has 0 N–H and O–H groups in total. The van der Waals surface area contributed by atoms with Crippen molar-refractivity contribution < 1.29 is 0 Å². The molecule has 1 aliphatic rings. The van der Waals surface area contributed by atoms with Gasteiger partial charge in [0, 0.05) is 25.1 Å². The van der Waals surface area contributed by atoms with Crippen LogP contribution in [0.25, 0.3) is 0 Å². The number of nitrogens with zero attached hydrogens (tertiary/aromatic N) is 2. The molecule has 0 fully saturated rings. The Morgan fingerprint density at radius 1 is 1.33 bits per heavy atom. The molecule has 0 aliphatic carbocycles. The van der Waals surface area contributed by atoms with Gasteiger partial charge in [-0.2, -0.15) is 0 Å². The second-order valence-corrected chi connectivity index (χ2v) is 5.40. The van der Waals surface area contributed by atoms with Crippen molar-refractivity contribution in [2.75, 3.05) is 0 Å². The molecule has 2 heterocycles. The minimum Gasteiger partial charge on any atom is -0.332 e. The lowest BCUT2D eigenvalue weighted by Crippen LogP contribution is -2.14. The van der Waals surface area contributed by atoms with Gasteiger partial charge in [-0.1, -0.05) is 24.3 Å². The van der Waals surface area contributed by atoms with Crippen molar-refractivity contribution in [1.29, 1.82) is 0 Å². The first kappa shape index (κ1) is 11.5. The highest BCUT2D eigenvalue weighted by molar-refractivity contribution is 5.29. The largest absolute Gasteiger partial charge is 0.332 e. The molecule has 1 atom stereocenters. The molecule has 0 saturated carbocycles. The molecule has 1 aliphatic heterocycles. The molecule has 1 aromatic carbocycles. The highest BCUT2D eigenvalue weighted by Crippen LogP contribution is 2.25. The van der Waals surface area contributed by atoms with E-state index in [9.17, 15) is 0 Å². The Balaban J connectivity index is 1.88. The highest BCUT2D eigenvalue weighted by Gasteiger charge is 2.18. The van der Waals surface area contributed by atoms with Gasteiger partial charge in [0.05, 0.1) is 5.69 Å². The molecule has 18 heavy (non-hydrogen) atoms. The summed E-state index contributed by atoms with van der Waals surface area (Å²) in [7, 11) is 0. The van der Waals surface area contributed by atoms with E-state index in [2.05, 4.69) is 48.9 Å². The molecule has 94 valence electrons. The molecule has 3 rings (SSSR count). The highest BCUT2D eigenvalue weighted by atomic mass is 15.1. The lowest BCUT2D eigenvalue weighted by molar-refractivity contribution is 0.425. The molecule has 0 bridgehead atoms. The zero-order chi connectivity index (χ0) is 12.5. The minimum atomic E-state index is 0.617. The van der Waals surface area contributed by atoms with Crippen LogP contribution in [0.5, 0.6) is 0 Å². The molecule has 0 amide bonds. The molecule has 0 spiro atoms. The van der Waals surface area contributed by atoms with Crippen molar-refractivity contribution in [2.45, 2.75) is 45.6 Å². The van der Waals surface area contributed by atoms with Gasteiger partial charge >= 0.3 is 0 Å². The number of hydrogen-bond donors (Lipinski definition) is 0. The van der Waals surface area contributed by atoms with Gasteiger partial charge in [0.1, 0.15) is 5.82 Å². The van der Waals surface area contributed by atoms with E-state index in [1.807, 2.05) is 0 Å². The van der Waals surface area contributed by atoms with Gasteiger partial charge in [-0.25, -0.2) is 4.98 Å². The number of benzene rings is 1. The molecule has 1 aromatic heterocycles. The van der Waals surface area contributed by atoms with Crippen molar-refractivity contribution in [2.24, 2.45) is 0 Å². The first-order valence-corrected chi connectivity index (χ1v) is 6.85. The van der Waals surface area contributed by atoms with Crippen LogP contribution in [-0.4, -0.2) is 9.55 Å². The standard InChI is InChI=1S/C16H20N2/c1-12-6-3-4-8-14(12)10-15-11-18-13(2)7-5-9-16(18)17-15/h3-4,6,8,11,13H,5,7,9-10H2,1-2H3. The molecular weight excluding hydrogens is 220 g/mol. The topological polar surface area (TPSA) is 17.8 Å². The van der Waals surface area contributed by atoms with E-state index in [4.69, 9.17) is 4.98 Å². The van der Waals surface area contributed by atoms with Crippen LogP contribution in [0.1, 0.15) is 48.5 Å². The second kappa shape index (κ2) is 4.60. The van der Waals surface area contributed by atoms with Crippen molar-refractivity contribution in [3.8, 4) is 0 Å². The third-order valence-corrected chi connectivity index (χ3v) is 3.99. The first-order valence-electron chi connectivity index (χ1n) is 6.85. The third-order valence-electron chi connectivity index (χ3n) is 3.99. The van der Waals surface area contributed by atoms with Crippen LogP contribution < -0.4 is 0 Å². The van der Waals surface area contributed by atoms with Crippen molar-refractivity contribution in [3.63, 3.8) is 0 Å².